The Bertz CT molecular complexity index is 618. The van der Waals surface area contributed by atoms with E-state index in [0.717, 1.165) is 11.3 Å². The van der Waals surface area contributed by atoms with Gasteiger partial charge in [-0.2, -0.15) is 0 Å². The summed E-state index contributed by atoms with van der Waals surface area (Å²) in [6.07, 6.45) is 0.204. The fourth-order valence-corrected chi connectivity index (χ4v) is 3.79. The standard InChI is InChI=1S/C16H20N2O4/c1-4-16(14(19)21-2)9-11-10-7-5-6-8-12(10)17-13(11)18(16)15(20)22-3/h5-8,11,13,17H,4,9H2,1-3H3/t11-,13-,16+/m1/s1. The number of nitrogens with zero attached hydrogens (tertiary/aromatic N) is 1. The number of nitrogens with one attached hydrogen (secondary N) is 1. The molecule has 118 valence electrons. The fourth-order valence-electron chi connectivity index (χ4n) is 3.79. The number of hydrogen-bond acceptors (Lipinski definition) is 5. The lowest BCUT2D eigenvalue weighted by Crippen LogP contribution is -2.57. The van der Waals surface area contributed by atoms with Crippen molar-refractivity contribution in [3.8, 4) is 0 Å². The molecule has 3 rings (SSSR count). The average Bonchev–Trinajstić information content (AvgIpc) is 3.06. The van der Waals surface area contributed by atoms with Crippen molar-refractivity contribution in [2.24, 2.45) is 0 Å². The van der Waals surface area contributed by atoms with Crippen molar-refractivity contribution < 1.29 is 19.1 Å². The molecule has 6 heteroatoms. The predicted molar refractivity (Wildman–Crippen MR) is 80.5 cm³/mol. The van der Waals surface area contributed by atoms with Crippen LogP contribution in [-0.4, -0.2) is 42.9 Å². The van der Waals surface area contributed by atoms with Crippen LogP contribution in [-0.2, 0) is 14.3 Å². The lowest BCUT2D eigenvalue weighted by molar-refractivity contribution is -0.153. The van der Waals surface area contributed by atoms with E-state index >= 15 is 0 Å². The number of carbonyl (C=O) groups is 2. The summed E-state index contributed by atoms with van der Waals surface area (Å²) in [5, 5.41) is 3.35. The highest BCUT2D eigenvalue weighted by Crippen LogP contribution is 2.51. The van der Waals surface area contributed by atoms with E-state index in [1.807, 2.05) is 31.2 Å². The van der Waals surface area contributed by atoms with E-state index in [4.69, 9.17) is 9.47 Å². The monoisotopic (exact) mass is 304 g/mol. The van der Waals surface area contributed by atoms with Gasteiger partial charge in [-0.05, 0) is 24.5 Å². The fraction of sp³-hybridized carbons (Fsp3) is 0.500. The van der Waals surface area contributed by atoms with Crippen molar-refractivity contribution in [1.29, 1.82) is 0 Å². The minimum Gasteiger partial charge on any atom is -0.467 e. The molecule has 3 atom stereocenters. The number of ether oxygens (including phenoxy) is 2. The molecular weight excluding hydrogens is 284 g/mol. The number of benzene rings is 1. The van der Waals surface area contributed by atoms with E-state index in [1.54, 1.807) is 0 Å². The number of methoxy groups -OCH3 is 2. The quantitative estimate of drug-likeness (QED) is 0.849. The third-order valence-electron chi connectivity index (χ3n) is 4.86. The third-order valence-corrected chi connectivity index (χ3v) is 4.86. The van der Waals surface area contributed by atoms with Crippen LogP contribution in [0.15, 0.2) is 24.3 Å². The van der Waals surface area contributed by atoms with Gasteiger partial charge in [-0.1, -0.05) is 25.1 Å². The molecule has 0 bridgehead atoms. The molecular formula is C16H20N2O4. The summed E-state index contributed by atoms with van der Waals surface area (Å²) in [6, 6.07) is 7.93. The number of fused-ring (bicyclic) bond motifs is 3. The van der Waals surface area contributed by atoms with E-state index in [2.05, 4.69) is 5.32 Å². The van der Waals surface area contributed by atoms with Gasteiger partial charge in [0.1, 0.15) is 11.7 Å². The summed E-state index contributed by atoms with van der Waals surface area (Å²) in [4.78, 5) is 26.3. The van der Waals surface area contributed by atoms with Crippen molar-refractivity contribution in [2.45, 2.75) is 37.4 Å². The van der Waals surface area contributed by atoms with Gasteiger partial charge in [0.2, 0.25) is 0 Å². The van der Waals surface area contributed by atoms with Crippen molar-refractivity contribution in [3.05, 3.63) is 29.8 Å². The summed E-state index contributed by atoms with van der Waals surface area (Å²) in [6.45, 7) is 1.89. The summed E-state index contributed by atoms with van der Waals surface area (Å²) in [5.41, 5.74) is 1.14. The second-order valence-corrected chi connectivity index (χ2v) is 5.70. The topological polar surface area (TPSA) is 67.9 Å². The number of para-hydroxylation sites is 1. The first-order valence-corrected chi connectivity index (χ1v) is 7.40. The van der Waals surface area contributed by atoms with Gasteiger partial charge in [0.05, 0.1) is 14.2 Å². The summed E-state index contributed by atoms with van der Waals surface area (Å²) >= 11 is 0. The summed E-state index contributed by atoms with van der Waals surface area (Å²) in [5.74, 6) is -0.344. The zero-order chi connectivity index (χ0) is 15.9. The van der Waals surface area contributed by atoms with Crippen LogP contribution in [0.2, 0.25) is 0 Å². The highest BCUT2D eigenvalue weighted by molar-refractivity contribution is 5.88. The minimum absolute atomic E-state index is 0.0503. The number of carbonyl (C=O) groups excluding carboxylic acids is 2. The lowest BCUT2D eigenvalue weighted by Gasteiger charge is -2.36. The van der Waals surface area contributed by atoms with Crippen molar-refractivity contribution in [1.82, 2.24) is 4.90 Å². The molecule has 0 radical (unpaired) electrons. The maximum atomic E-state index is 12.4. The van der Waals surface area contributed by atoms with Crippen LogP contribution in [0.4, 0.5) is 10.5 Å². The van der Waals surface area contributed by atoms with Crippen LogP contribution in [0.5, 0.6) is 0 Å². The Morgan fingerprint density at radius 2 is 2.05 bits per heavy atom. The van der Waals surface area contributed by atoms with E-state index in [-0.39, 0.29) is 12.1 Å². The molecule has 2 aliphatic rings. The van der Waals surface area contributed by atoms with Crippen LogP contribution in [0.1, 0.15) is 31.2 Å². The van der Waals surface area contributed by atoms with Gasteiger partial charge >= 0.3 is 12.1 Å². The average molecular weight is 304 g/mol. The molecule has 1 aromatic carbocycles. The molecule has 0 aromatic heterocycles. The Kier molecular flexibility index (Phi) is 3.47. The summed E-state index contributed by atoms with van der Waals surface area (Å²) in [7, 11) is 2.68. The van der Waals surface area contributed by atoms with Crippen molar-refractivity contribution in [3.63, 3.8) is 0 Å². The molecule has 1 saturated heterocycles. The van der Waals surface area contributed by atoms with Crippen LogP contribution in [0.3, 0.4) is 0 Å². The van der Waals surface area contributed by atoms with Crippen molar-refractivity contribution in [2.75, 3.05) is 19.5 Å². The van der Waals surface area contributed by atoms with Gasteiger partial charge in [0.25, 0.3) is 0 Å². The second-order valence-electron chi connectivity index (χ2n) is 5.70. The molecule has 0 unspecified atom stereocenters. The largest absolute Gasteiger partial charge is 0.467 e. The SMILES string of the molecule is CC[C@@]1(C(=O)OC)C[C@@H]2c3ccccc3N[C@@H]2N1C(=O)OC. The van der Waals surface area contributed by atoms with Gasteiger partial charge < -0.3 is 14.8 Å². The lowest BCUT2D eigenvalue weighted by atomic mass is 9.86. The summed E-state index contributed by atoms with van der Waals surface area (Å²) < 4.78 is 9.92. The molecule has 2 heterocycles. The van der Waals surface area contributed by atoms with Crippen molar-refractivity contribution >= 4 is 17.7 Å². The highest BCUT2D eigenvalue weighted by atomic mass is 16.5. The maximum Gasteiger partial charge on any atom is 0.412 e. The van der Waals surface area contributed by atoms with E-state index < -0.39 is 17.6 Å². The highest BCUT2D eigenvalue weighted by Gasteiger charge is 2.61. The zero-order valence-electron chi connectivity index (χ0n) is 13.0. The van der Waals surface area contributed by atoms with Crippen LogP contribution in [0.25, 0.3) is 0 Å². The van der Waals surface area contributed by atoms with Crippen LogP contribution >= 0.6 is 0 Å². The van der Waals surface area contributed by atoms with Gasteiger partial charge in [-0.25, -0.2) is 9.59 Å². The second kappa shape index (κ2) is 5.19. The number of rotatable bonds is 2. The minimum atomic E-state index is -0.988. The normalized spacial score (nSPS) is 28.6. The molecule has 22 heavy (non-hydrogen) atoms. The number of esters is 1. The van der Waals surface area contributed by atoms with Gasteiger partial charge in [-0.3, -0.25) is 4.90 Å². The van der Waals surface area contributed by atoms with Gasteiger partial charge in [-0.15, -0.1) is 0 Å². The number of anilines is 1. The van der Waals surface area contributed by atoms with E-state index in [0.29, 0.717) is 12.8 Å². The Morgan fingerprint density at radius 1 is 1.32 bits per heavy atom. The Labute approximate surface area is 129 Å². The Hall–Kier alpha value is -2.24. The van der Waals surface area contributed by atoms with Crippen LogP contribution in [0, 0.1) is 0 Å². The number of likely N-dealkylation sites (tertiary alicyclic amines) is 1. The van der Waals surface area contributed by atoms with E-state index in [9.17, 15) is 9.59 Å². The first-order chi connectivity index (χ1) is 10.6. The molecule has 6 nitrogen and oxygen atoms in total. The van der Waals surface area contributed by atoms with Gasteiger partial charge in [0, 0.05) is 11.6 Å². The zero-order valence-corrected chi connectivity index (χ0v) is 13.0. The molecule has 0 spiro atoms. The smallest absolute Gasteiger partial charge is 0.412 e. The third kappa shape index (κ3) is 1.79. The van der Waals surface area contributed by atoms with E-state index in [1.165, 1.54) is 19.1 Å². The first kappa shape index (κ1) is 14.7. The predicted octanol–water partition coefficient (Wildman–Crippen LogP) is 2.32. The number of amides is 1. The molecule has 2 aliphatic heterocycles. The first-order valence-electron chi connectivity index (χ1n) is 7.40. The molecule has 1 N–H and O–H groups in total. The molecule has 1 aromatic rings. The maximum absolute atomic E-state index is 12.4. The molecule has 1 amide bonds. The van der Waals surface area contributed by atoms with Crippen LogP contribution < -0.4 is 5.32 Å². The van der Waals surface area contributed by atoms with Gasteiger partial charge in [0.15, 0.2) is 0 Å². The number of hydrogen-bond donors (Lipinski definition) is 1. The Balaban J connectivity index is 2.07. The molecule has 1 fully saturated rings. The molecule has 0 aliphatic carbocycles. The Morgan fingerprint density at radius 3 is 2.68 bits per heavy atom. The molecule has 0 saturated carbocycles.